The number of hydrogen-bond acceptors (Lipinski definition) is 3. The molecule has 3 nitrogen and oxygen atoms in total. The van der Waals surface area contributed by atoms with Crippen molar-refractivity contribution in [1.29, 1.82) is 0 Å². The quantitative estimate of drug-likeness (QED) is 0.823. The fraction of sp³-hybridized carbons (Fsp3) is 0.462. The monoisotopic (exact) mass is 255 g/mol. The molecular weight excluding hydrogens is 238 g/mol. The maximum absolute atomic E-state index is 11.7. The summed E-state index contributed by atoms with van der Waals surface area (Å²) in [6, 6.07) is 6.77. The molecule has 0 fully saturated rings. The molecule has 0 aliphatic heterocycles. The first kappa shape index (κ1) is 14.0. The van der Waals surface area contributed by atoms with Crippen molar-refractivity contribution in [2.75, 3.05) is 13.7 Å². The Bertz CT molecular complexity index is 362. The summed E-state index contributed by atoms with van der Waals surface area (Å²) < 4.78 is 4.79. The van der Waals surface area contributed by atoms with Crippen LogP contribution in [0.4, 0.5) is 0 Å². The van der Waals surface area contributed by atoms with Gasteiger partial charge in [0.15, 0.2) is 0 Å². The third-order valence-electron chi connectivity index (χ3n) is 2.37. The first-order chi connectivity index (χ1) is 8.04. The Kier molecular flexibility index (Phi) is 5.45. The highest BCUT2D eigenvalue weighted by atomic mass is 35.5. The molecule has 17 heavy (non-hydrogen) atoms. The molecule has 0 aliphatic carbocycles. The topological polar surface area (TPSA) is 38.3 Å². The molecular formula is C13H18ClNO2. The molecule has 4 heteroatoms. The number of esters is 1. The smallest absolute Gasteiger partial charge is 0.327 e. The van der Waals surface area contributed by atoms with Gasteiger partial charge in [-0.15, -0.1) is 0 Å². The molecule has 1 aromatic rings. The Balaban J connectivity index is 2.82. The van der Waals surface area contributed by atoms with Gasteiger partial charge in [0.05, 0.1) is 7.11 Å². The van der Waals surface area contributed by atoms with Crippen LogP contribution in [0, 0.1) is 5.92 Å². The number of carbonyl (C=O) groups is 1. The summed E-state index contributed by atoms with van der Waals surface area (Å²) in [5, 5.41) is 3.84. The van der Waals surface area contributed by atoms with E-state index in [0.29, 0.717) is 10.9 Å². The fourth-order valence-electron chi connectivity index (χ4n) is 1.46. The number of halogens is 1. The Morgan fingerprint density at radius 1 is 1.35 bits per heavy atom. The highest BCUT2D eigenvalue weighted by Gasteiger charge is 2.20. The molecule has 1 rings (SSSR count). The van der Waals surface area contributed by atoms with Crippen LogP contribution in [0.15, 0.2) is 24.3 Å². The van der Waals surface area contributed by atoms with E-state index in [1.54, 1.807) is 12.1 Å². The van der Waals surface area contributed by atoms with Crippen molar-refractivity contribution in [2.24, 2.45) is 5.92 Å². The lowest BCUT2D eigenvalue weighted by molar-refractivity contribution is -0.143. The van der Waals surface area contributed by atoms with Crippen LogP contribution >= 0.6 is 11.6 Å². The van der Waals surface area contributed by atoms with Crippen molar-refractivity contribution in [3.63, 3.8) is 0 Å². The first-order valence-corrected chi connectivity index (χ1v) is 5.99. The van der Waals surface area contributed by atoms with Crippen molar-refractivity contribution in [1.82, 2.24) is 5.32 Å². The molecule has 1 unspecified atom stereocenters. The van der Waals surface area contributed by atoms with Crippen LogP contribution in [0.5, 0.6) is 0 Å². The molecule has 0 amide bonds. The summed E-state index contributed by atoms with van der Waals surface area (Å²) in [4.78, 5) is 11.7. The van der Waals surface area contributed by atoms with Gasteiger partial charge >= 0.3 is 5.97 Å². The first-order valence-electron chi connectivity index (χ1n) is 5.61. The van der Waals surface area contributed by atoms with Crippen LogP contribution in [-0.4, -0.2) is 19.6 Å². The highest BCUT2D eigenvalue weighted by molar-refractivity contribution is 6.30. The van der Waals surface area contributed by atoms with Gasteiger partial charge in [-0.2, -0.15) is 0 Å². The standard InChI is InChI=1S/C13H18ClNO2/c1-9(2)8-15-12(13(16)17-3)10-4-6-11(14)7-5-10/h4-7,9,12,15H,8H2,1-3H3. The number of methoxy groups -OCH3 is 1. The Morgan fingerprint density at radius 3 is 2.41 bits per heavy atom. The maximum Gasteiger partial charge on any atom is 0.327 e. The lowest BCUT2D eigenvalue weighted by atomic mass is 10.1. The van der Waals surface area contributed by atoms with E-state index in [1.807, 2.05) is 12.1 Å². The van der Waals surface area contributed by atoms with Crippen LogP contribution in [0.2, 0.25) is 5.02 Å². The fourth-order valence-corrected chi connectivity index (χ4v) is 1.59. The second-order valence-corrected chi connectivity index (χ2v) is 4.75. The maximum atomic E-state index is 11.7. The van der Waals surface area contributed by atoms with E-state index in [0.717, 1.165) is 12.1 Å². The third-order valence-corrected chi connectivity index (χ3v) is 2.62. The largest absolute Gasteiger partial charge is 0.468 e. The highest BCUT2D eigenvalue weighted by Crippen LogP contribution is 2.18. The SMILES string of the molecule is COC(=O)C(NCC(C)C)c1ccc(Cl)cc1. The summed E-state index contributed by atoms with van der Waals surface area (Å²) >= 11 is 5.82. The average Bonchev–Trinajstić information content (AvgIpc) is 2.30. The van der Waals surface area contributed by atoms with Crippen molar-refractivity contribution < 1.29 is 9.53 Å². The zero-order valence-electron chi connectivity index (χ0n) is 10.4. The molecule has 0 heterocycles. The van der Waals surface area contributed by atoms with Crippen LogP contribution in [0.25, 0.3) is 0 Å². The van der Waals surface area contributed by atoms with E-state index in [4.69, 9.17) is 16.3 Å². The molecule has 1 N–H and O–H groups in total. The van der Waals surface area contributed by atoms with E-state index in [2.05, 4.69) is 19.2 Å². The van der Waals surface area contributed by atoms with Crippen LogP contribution < -0.4 is 5.32 Å². The second kappa shape index (κ2) is 6.62. The van der Waals surface area contributed by atoms with Crippen molar-refractivity contribution in [3.05, 3.63) is 34.9 Å². The zero-order valence-corrected chi connectivity index (χ0v) is 11.1. The third kappa shape index (κ3) is 4.36. The van der Waals surface area contributed by atoms with E-state index in [9.17, 15) is 4.79 Å². The number of benzene rings is 1. The second-order valence-electron chi connectivity index (χ2n) is 4.31. The van der Waals surface area contributed by atoms with Gasteiger partial charge in [0.1, 0.15) is 6.04 Å². The van der Waals surface area contributed by atoms with E-state index in [-0.39, 0.29) is 5.97 Å². The van der Waals surface area contributed by atoms with E-state index < -0.39 is 6.04 Å². The molecule has 0 saturated heterocycles. The van der Waals surface area contributed by atoms with Gasteiger partial charge in [-0.3, -0.25) is 0 Å². The van der Waals surface area contributed by atoms with E-state index in [1.165, 1.54) is 7.11 Å². The molecule has 0 bridgehead atoms. The molecule has 0 spiro atoms. The average molecular weight is 256 g/mol. The van der Waals surface area contributed by atoms with E-state index >= 15 is 0 Å². The van der Waals surface area contributed by atoms with Crippen LogP contribution in [-0.2, 0) is 9.53 Å². The number of carbonyl (C=O) groups excluding carboxylic acids is 1. The molecule has 94 valence electrons. The minimum absolute atomic E-state index is 0.284. The molecule has 1 atom stereocenters. The van der Waals surface area contributed by atoms with Gasteiger partial charge in [0.25, 0.3) is 0 Å². The number of nitrogens with one attached hydrogen (secondary N) is 1. The van der Waals surface area contributed by atoms with Gasteiger partial charge in [0, 0.05) is 5.02 Å². The molecule has 1 aromatic carbocycles. The molecule has 0 aliphatic rings. The number of rotatable bonds is 5. The molecule has 0 radical (unpaired) electrons. The van der Waals surface area contributed by atoms with Crippen LogP contribution in [0.1, 0.15) is 25.5 Å². The summed E-state index contributed by atoms with van der Waals surface area (Å²) in [7, 11) is 1.39. The van der Waals surface area contributed by atoms with Crippen molar-refractivity contribution in [3.8, 4) is 0 Å². The van der Waals surface area contributed by atoms with Gasteiger partial charge < -0.3 is 10.1 Å². The van der Waals surface area contributed by atoms with Crippen molar-refractivity contribution >= 4 is 17.6 Å². The minimum atomic E-state index is -0.431. The summed E-state index contributed by atoms with van der Waals surface area (Å²) in [5.74, 6) is 0.183. The van der Waals surface area contributed by atoms with Gasteiger partial charge in [0.2, 0.25) is 0 Å². The Labute approximate surface area is 107 Å². The Morgan fingerprint density at radius 2 is 1.94 bits per heavy atom. The molecule has 0 saturated carbocycles. The lowest BCUT2D eigenvalue weighted by Crippen LogP contribution is -2.32. The summed E-state index contributed by atoms with van der Waals surface area (Å²) in [6.07, 6.45) is 0. The van der Waals surface area contributed by atoms with Gasteiger partial charge in [-0.1, -0.05) is 37.6 Å². The molecule has 0 aromatic heterocycles. The summed E-state index contributed by atoms with van der Waals surface area (Å²) in [6.45, 7) is 4.93. The van der Waals surface area contributed by atoms with Gasteiger partial charge in [-0.05, 0) is 30.2 Å². The summed E-state index contributed by atoms with van der Waals surface area (Å²) in [5.41, 5.74) is 0.863. The number of ether oxygens (including phenoxy) is 1. The Hall–Kier alpha value is -1.06. The lowest BCUT2D eigenvalue weighted by Gasteiger charge is -2.18. The minimum Gasteiger partial charge on any atom is -0.468 e. The predicted molar refractivity (Wildman–Crippen MR) is 69.0 cm³/mol. The van der Waals surface area contributed by atoms with Crippen LogP contribution in [0.3, 0.4) is 0 Å². The van der Waals surface area contributed by atoms with Crippen molar-refractivity contribution in [2.45, 2.75) is 19.9 Å². The number of hydrogen-bond donors (Lipinski definition) is 1. The zero-order chi connectivity index (χ0) is 12.8. The normalized spacial score (nSPS) is 12.5. The van der Waals surface area contributed by atoms with Gasteiger partial charge in [-0.25, -0.2) is 4.79 Å². The predicted octanol–water partition coefficient (Wildman–Crippen LogP) is 2.80.